The molecule has 1 N–H and O–H groups in total. The third-order valence-electron chi connectivity index (χ3n) is 1.89. The third kappa shape index (κ3) is 3.21. The van der Waals surface area contributed by atoms with Crippen LogP contribution in [0.1, 0.15) is 5.56 Å². The maximum atomic E-state index is 12.2. The zero-order valence-electron chi connectivity index (χ0n) is 8.89. The molecule has 0 bridgehead atoms. The summed E-state index contributed by atoms with van der Waals surface area (Å²) in [5.41, 5.74) is 0.521. The van der Waals surface area contributed by atoms with E-state index in [1.54, 1.807) is 13.1 Å². The summed E-state index contributed by atoms with van der Waals surface area (Å²) in [5, 5.41) is 3.24. The SMILES string of the molecule is CNCc1cc(Cl)cc(OC)c1OC(F)F. The van der Waals surface area contributed by atoms with Gasteiger partial charge in [0.25, 0.3) is 0 Å². The van der Waals surface area contributed by atoms with Gasteiger partial charge < -0.3 is 14.8 Å². The molecule has 1 aromatic carbocycles. The van der Waals surface area contributed by atoms with Crippen molar-refractivity contribution in [2.24, 2.45) is 0 Å². The molecule has 0 fully saturated rings. The number of rotatable bonds is 5. The van der Waals surface area contributed by atoms with Crippen LogP contribution in [0.15, 0.2) is 12.1 Å². The van der Waals surface area contributed by atoms with E-state index in [0.717, 1.165) is 0 Å². The van der Waals surface area contributed by atoms with Gasteiger partial charge >= 0.3 is 6.61 Å². The Balaban J connectivity index is 3.15. The van der Waals surface area contributed by atoms with Gasteiger partial charge in [-0.05, 0) is 13.1 Å². The van der Waals surface area contributed by atoms with Crippen molar-refractivity contribution in [1.29, 1.82) is 0 Å². The second kappa shape index (κ2) is 5.86. The molecule has 1 rings (SSSR count). The fraction of sp³-hybridized carbons (Fsp3) is 0.400. The molecule has 0 amide bonds. The zero-order chi connectivity index (χ0) is 12.1. The lowest BCUT2D eigenvalue weighted by atomic mass is 10.2. The first-order valence-corrected chi connectivity index (χ1v) is 4.92. The lowest BCUT2D eigenvalue weighted by Gasteiger charge is -2.14. The summed E-state index contributed by atoms with van der Waals surface area (Å²) >= 11 is 5.82. The molecule has 0 saturated carbocycles. The monoisotopic (exact) mass is 251 g/mol. The molecule has 0 saturated heterocycles. The van der Waals surface area contributed by atoms with Crippen molar-refractivity contribution in [3.05, 3.63) is 22.7 Å². The second-order valence-electron chi connectivity index (χ2n) is 3.01. The highest BCUT2D eigenvalue weighted by atomic mass is 35.5. The van der Waals surface area contributed by atoms with Crippen LogP contribution in [0.25, 0.3) is 0 Å². The molecule has 3 nitrogen and oxygen atoms in total. The molecule has 0 aliphatic heterocycles. The van der Waals surface area contributed by atoms with E-state index in [4.69, 9.17) is 16.3 Å². The van der Waals surface area contributed by atoms with Crippen molar-refractivity contribution in [2.45, 2.75) is 13.2 Å². The second-order valence-corrected chi connectivity index (χ2v) is 3.44. The largest absolute Gasteiger partial charge is 0.493 e. The van der Waals surface area contributed by atoms with E-state index in [0.29, 0.717) is 17.1 Å². The lowest BCUT2D eigenvalue weighted by molar-refractivity contribution is -0.0518. The Morgan fingerprint density at radius 3 is 2.62 bits per heavy atom. The topological polar surface area (TPSA) is 30.5 Å². The highest BCUT2D eigenvalue weighted by Crippen LogP contribution is 2.35. The first-order chi connectivity index (χ1) is 7.58. The van der Waals surface area contributed by atoms with Crippen LogP contribution in [0.4, 0.5) is 8.78 Å². The number of ether oxygens (including phenoxy) is 2. The van der Waals surface area contributed by atoms with Gasteiger partial charge in [-0.2, -0.15) is 8.78 Å². The minimum absolute atomic E-state index is 0.0104. The summed E-state index contributed by atoms with van der Waals surface area (Å²) in [7, 11) is 3.06. The van der Waals surface area contributed by atoms with Crippen molar-refractivity contribution in [3.63, 3.8) is 0 Å². The van der Waals surface area contributed by atoms with Gasteiger partial charge in [-0.1, -0.05) is 11.6 Å². The quantitative estimate of drug-likeness (QED) is 0.873. The predicted molar refractivity (Wildman–Crippen MR) is 57.4 cm³/mol. The Morgan fingerprint density at radius 2 is 2.12 bits per heavy atom. The number of methoxy groups -OCH3 is 1. The van der Waals surface area contributed by atoms with Crippen LogP contribution in [-0.2, 0) is 6.54 Å². The van der Waals surface area contributed by atoms with E-state index in [2.05, 4.69) is 10.1 Å². The molecule has 0 spiro atoms. The maximum Gasteiger partial charge on any atom is 0.387 e. The lowest BCUT2D eigenvalue weighted by Crippen LogP contribution is -2.11. The fourth-order valence-electron chi connectivity index (χ4n) is 1.32. The zero-order valence-corrected chi connectivity index (χ0v) is 9.65. The van der Waals surface area contributed by atoms with Crippen molar-refractivity contribution in [1.82, 2.24) is 5.32 Å². The van der Waals surface area contributed by atoms with Crippen molar-refractivity contribution >= 4 is 11.6 Å². The van der Waals surface area contributed by atoms with Gasteiger partial charge in [-0.15, -0.1) is 0 Å². The van der Waals surface area contributed by atoms with Gasteiger partial charge in [0.05, 0.1) is 7.11 Å². The fourth-order valence-corrected chi connectivity index (χ4v) is 1.55. The average Bonchev–Trinajstić information content (AvgIpc) is 2.21. The van der Waals surface area contributed by atoms with Crippen LogP contribution >= 0.6 is 11.6 Å². The third-order valence-corrected chi connectivity index (χ3v) is 2.11. The summed E-state index contributed by atoms with van der Waals surface area (Å²) in [6.07, 6.45) is 0. The number of benzene rings is 1. The normalized spacial score (nSPS) is 10.6. The predicted octanol–water partition coefficient (Wildman–Crippen LogP) is 2.67. The molecule has 0 radical (unpaired) electrons. The summed E-state index contributed by atoms with van der Waals surface area (Å²) < 4.78 is 33.8. The van der Waals surface area contributed by atoms with Crippen LogP contribution in [0.2, 0.25) is 5.02 Å². The number of hydrogen-bond donors (Lipinski definition) is 1. The van der Waals surface area contributed by atoms with E-state index >= 15 is 0 Å². The van der Waals surface area contributed by atoms with Gasteiger partial charge in [0, 0.05) is 23.2 Å². The molecular weight excluding hydrogens is 240 g/mol. The Kier molecular flexibility index (Phi) is 4.76. The standard InChI is InChI=1S/C10H12ClF2NO2/c1-14-5-6-3-7(11)4-8(15-2)9(6)16-10(12)13/h3-4,10,14H,5H2,1-2H3. The first-order valence-electron chi connectivity index (χ1n) is 4.54. The van der Waals surface area contributed by atoms with Crippen LogP contribution in [-0.4, -0.2) is 20.8 Å². The molecule has 0 aliphatic carbocycles. The molecular formula is C10H12ClF2NO2. The molecule has 90 valence electrons. The molecule has 0 aliphatic rings. The van der Waals surface area contributed by atoms with E-state index in [-0.39, 0.29) is 11.5 Å². The van der Waals surface area contributed by atoms with Gasteiger partial charge in [0.2, 0.25) is 0 Å². The summed E-state index contributed by atoms with van der Waals surface area (Å²) in [4.78, 5) is 0. The molecule has 1 aromatic rings. The van der Waals surface area contributed by atoms with E-state index < -0.39 is 6.61 Å². The Bertz CT molecular complexity index is 361. The average molecular weight is 252 g/mol. The summed E-state index contributed by atoms with van der Waals surface area (Å²) in [6.45, 7) is -2.54. The van der Waals surface area contributed by atoms with Crippen molar-refractivity contribution in [3.8, 4) is 11.5 Å². The van der Waals surface area contributed by atoms with Crippen LogP contribution in [0, 0.1) is 0 Å². The van der Waals surface area contributed by atoms with E-state index in [1.807, 2.05) is 0 Å². The van der Waals surface area contributed by atoms with E-state index in [9.17, 15) is 8.78 Å². The first kappa shape index (κ1) is 13.0. The van der Waals surface area contributed by atoms with Crippen LogP contribution in [0.5, 0.6) is 11.5 Å². The minimum Gasteiger partial charge on any atom is -0.493 e. The number of nitrogens with one attached hydrogen (secondary N) is 1. The Hall–Kier alpha value is -1.07. The van der Waals surface area contributed by atoms with Gasteiger partial charge in [0.1, 0.15) is 0 Å². The Morgan fingerprint density at radius 1 is 1.44 bits per heavy atom. The number of alkyl halides is 2. The van der Waals surface area contributed by atoms with Crippen molar-refractivity contribution < 1.29 is 18.3 Å². The minimum atomic E-state index is -2.90. The van der Waals surface area contributed by atoms with Crippen LogP contribution in [0.3, 0.4) is 0 Å². The number of hydrogen-bond acceptors (Lipinski definition) is 3. The Labute approximate surface area is 97.3 Å². The summed E-state index contributed by atoms with van der Waals surface area (Å²) in [6, 6.07) is 2.98. The maximum absolute atomic E-state index is 12.2. The van der Waals surface area contributed by atoms with Crippen LogP contribution < -0.4 is 14.8 Å². The van der Waals surface area contributed by atoms with E-state index in [1.165, 1.54) is 13.2 Å². The molecule has 0 atom stereocenters. The van der Waals surface area contributed by atoms with Gasteiger partial charge in [-0.3, -0.25) is 0 Å². The van der Waals surface area contributed by atoms with Gasteiger partial charge in [-0.25, -0.2) is 0 Å². The van der Waals surface area contributed by atoms with Crippen molar-refractivity contribution in [2.75, 3.05) is 14.2 Å². The highest BCUT2D eigenvalue weighted by Gasteiger charge is 2.16. The highest BCUT2D eigenvalue weighted by molar-refractivity contribution is 6.30. The van der Waals surface area contributed by atoms with Gasteiger partial charge in [0.15, 0.2) is 11.5 Å². The number of halogens is 3. The molecule has 0 heterocycles. The molecule has 0 aromatic heterocycles. The molecule has 0 unspecified atom stereocenters. The molecule has 6 heteroatoms. The molecule has 16 heavy (non-hydrogen) atoms. The summed E-state index contributed by atoms with van der Waals surface area (Å²) in [5.74, 6) is 0.203. The smallest absolute Gasteiger partial charge is 0.387 e.